The highest BCUT2D eigenvalue weighted by atomic mass is 15.3. The molecule has 1 aliphatic rings. The van der Waals surface area contributed by atoms with E-state index in [9.17, 15) is 0 Å². The van der Waals surface area contributed by atoms with Crippen molar-refractivity contribution in [3.05, 3.63) is 18.0 Å². The van der Waals surface area contributed by atoms with Crippen LogP contribution in [0.15, 0.2) is 12.3 Å². The van der Waals surface area contributed by atoms with E-state index in [4.69, 9.17) is 5.84 Å². The fourth-order valence-corrected chi connectivity index (χ4v) is 2.70. The van der Waals surface area contributed by atoms with Crippen LogP contribution in [-0.4, -0.2) is 15.8 Å². The van der Waals surface area contributed by atoms with Crippen molar-refractivity contribution in [2.24, 2.45) is 5.84 Å². The minimum absolute atomic E-state index is 0.354. The van der Waals surface area contributed by atoms with Crippen molar-refractivity contribution >= 4 is 0 Å². The van der Waals surface area contributed by atoms with Gasteiger partial charge in [-0.25, -0.2) is 0 Å². The minimum atomic E-state index is 0.354. The molecule has 17 heavy (non-hydrogen) atoms. The number of hydrogen-bond donors (Lipinski definition) is 2. The molecule has 1 aromatic rings. The van der Waals surface area contributed by atoms with Crippen LogP contribution < -0.4 is 11.3 Å². The van der Waals surface area contributed by atoms with Crippen molar-refractivity contribution in [1.82, 2.24) is 15.2 Å². The number of aromatic nitrogens is 2. The van der Waals surface area contributed by atoms with Crippen molar-refractivity contribution in [2.45, 2.75) is 64.0 Å². The predicted octanol–water partition coefficient (Wildman–Crippen LogP) is 2.17. The summed E-state index contributed by atoms with van der Waals surface area (Å²) in [6.07, 6.45) is 10.6. The van der Waals surface area contributed by atoms with E-state index in [1.54, 1.807) is 0 Å². The lowest BCUT2D eigenvalue weighted by Crippen LogP contribution is -2.36. The van der Waals surface area contributed by atoms with Crippen molar-refractivity contribution in [3.8, 4) is 0 Å². The summed E-state index contributed by atoms with van der Waals surface area (Å²) in [6.45, 7) is 2.18. The van der Waals surface area contributed by atoms with Crippen molar-refractivity contribution in [1.29, 1.82) is 0 Å². The molecule has 1 atom stereocenters. The van der Waals surface area contributed by atoms with Gasteiger partial charge in [-0.1, -0.05) is 26.2 Å². The monoisotopic (exact) mass is 236 g/mol. The maximum atomic E-state index is 5.55. The molecule has 0 bridgehead atoms. The van der Waals surface area contributed by atoms with Crippen LogP contribution in [-0.2, 0) is 6.42 Å². The molecule has 0 spiro atoms. The SMILES string of the molecule is CCCC(Cc1ccn(C2CCCC2)n1)NN. The van der Waals surface area contributed by atoms with Gasteiger partial charge in [0.2, 0.25) is 0 Å². The summed E-state index contributed by atoms with van der Waals surface area (Å²) in [6, 6.07) is 3.13. The summed E-state index contributed by atoms with van der Waals surface area (Å²) in [7, 11) is 0. The number of nitrogens with one attached hydrogen (secondary N) is 1. The smallest absolute Gasteiger partial charge is 0.0640 e. The Morgan fingerprint density at radius 1 is 1.53 bits per heavy atom. The zero-order valence-electron chi connectivity index (χ0n) is 10.7. The average Bonchev–Trinajstić information content (AvgIpc) is 2.98. The first-order valence-corrected chi connectivity index (χ1v) is 6.83. The van der Waals surface area contributed by atoms with E-state index >= 15 is 0 Å². The molecule has 4 heteroatoms. The summed E-state index contributed by atoms with van der Waals surface area (Å²) in [5.74, 6) is 5.55. The summed E-state index contributed by atoms with van der Waals surface area (Å²) >= 11 is 0. The highest BCUT2D eigenvalue weighted by Gasteiger charge is 2.18. The Balaban J connectivity index is 1.92. The second kappa shape index (κ2) is 6.17. The topological polar surface area (TPSA) is 55.9 Å². The van der Waals surface area contributed by atoms with E-state index in [0.717, 1.165) is 25.0 Å². The van der Waals surface area contributed by atoms with Gasteiger partial charge < -0.3 is 0 Å². The highest BCUT2D eigenvalue weighted by molar-refractivity contribution is 5.02. The number of nitrogens with zero attached hydrogens (tertiary/aromatic N) is 2. The van der Waals surface area contributed by atoms with E-state index in [-0.39, 0.29) is 0 Å². The molecule has 1 saturated carbocycles. The average molecular weight is 236 g/mol. The number of rotatable bonds is 6. The van der Waals surface area contributed by atoms with Gasteiger partial charge in [0.15, 0.2) is 0 Å². The van der Waals surface area contributed by atoms with E-state index in [1.807, 2.05) is 0 Å². The van der Waals surface area contributed by atoms with Gasteiger partial charge in [0.05, 0.1) is 11.7 Å². The summed E-state index contributed by atoms with van der Waals surface area (Å²) in [4.78, 5) is 0. The van der Waals surface area contributed by atoms with Crippen molar-refractivity contribution in [3.63, 3.8) is 0 Å². The molecule has 0 aromatic carbocycles. The summed E-state index contributed by atoms with van der Waals surface area (Å²) in [5, 5.41) is 4.68. The Morgan fingerprint density at radius 3 is 2.94 bits per heavy atom. The Bertz CT molecular complexity index is 328. The van der Waals surface area contributed by atoms with Crippen LogP contribution in [0.1, 0.15) is 57.2 Å². The molecule has 1 unspecified atom stereocenters. The number of hydrogen-bond acceptors (Lipinski definition) is 3. The Hall–Kier alpha value is -0.870. The van der Waals surface area contributed by atoms with Crippen LogP contribution in [0.4, 0.5) is 0 Å². The summed E-state index contributed by atoms with van der Waals surface area (Å²) < 4.78 is 2.15. The molecular weight excluding hydrogens is 212 g/mol. The van der Waals surface area contributed by atoms with Gasteiger partial charge in [0.1, 0.15) is 0 Å². The van der Waals surface area contributed by atoms with E-state index in [1.165, 1.54) is 25.7 Å². The Morgan fingerprint density at radius 2 is 2.29 bits per heavy atom. The van der Waals surface area contributed by atoms with Gasteiger partial charge >= 0.3 is 0 Å². The molecule has 0 aliphatic heterocycles. The molecular formula is C13H24N4. The second-order valence-electron chi connectivity index (χ2n) is 5.08. The third-order valence-corrected chi connectivity index (χ3v) is 3.69. The van der Waals surface area contributed by atoms with E-state index in [2.05, 4.69) is 34.4 Å². The second-order valence-corrected chi connectivity index (χ2v) is 5.08. The first-order valence-electron chi connectivity index (χ1n) is 6.83. The van der Waals surface area contributed by atoms with Gasteiger partial charge in [-0.15, -0.1) is 0 Å². The molecule has 96 valence electrons. The van der Waals surface area contributed by atoms with Gasteiger partial charge in [-0.05, 0) is 25.3 Å². The maximum Gasteiger partial charge on any atom is 0.0640 e. The Kier molecular flexibility index (Phi) is 4.57. The van der Waals surface area contributed by atoms with Gasteiger partial charge in [0.25, 0.3) is 0 Å². The van der Waals surface area contributed by atoms with E-state index in [0.29, 0.717) is 12.1 Å². The lowest BCUT2D eigenvalue weighted by atomic mass is 10.1. The van der Waals surface area contributed by atoms with E-state index < -0.39 is 0 Å². The van der Waals surface area contributed by atoms with Gasteiger partial charge in [-0.2, -0.15) is 5.10 Å². The normalized spacial score (nSPS) is 18.7. The summed E-state index contributed by atoms with van der Waals surface area (Å²) in [5.41, 5.74) is 4.04. The fraction of sp³-hybridized carbons (Fsp3) is 0.769. The largest absolute Gasteiger partial charge is 0.271 e. The predicted molar refractivity (Wildman–Crippen MR) is 69.5 cm³/mol. The first kappa shape index (κ1) is 12.6. The van der Waals surface area contributed by atoms with Crippen molar-refractivity contribution < 1.29 is 0 Å². The van der Waals surface area contributed by atoms with Gasteiger partial charge in [-0.3, -0.25) is 16.0 Å². The van der Waals surface area contributed by atoms with Crippen LogP contribution in [0.3, 0.4) is 0 Å². The Labute approximate surface area is 104 Å². The molecule has 1 aliphatic carbocycles. The molecule has 4 nitrogen and oxygen atoms in total. The zero-order valence-corrected chi connectivity index (χ0v) is 10.7. The number of nitrogens with two attached hydrogens (primary N) is 1. The van der Waals surface area contributed by atoms with Gasteiger partial charge in [0, 0.05) is 18.7 Å². The minimum Gasteiger partial charge on any atom is -0.271 e. The zero-order chi connectivity index (χ0) is 12.1. The van der Waals surface area contributed by atoms with Crippen molar-refractivity contribution in [2.75, 3.05) is 0 Å². The van der Waals surface area contributed by atoms with Crippen LogP contribution in [0, 0.1) is 0 Å². The lowest BCUT2D eigenvalue weighted by molar-refractivity contribution is 0.448. The van der Waals surface area contributed by atoms with Crippen LogP contribution in [0.2, 0.25) is 0 Å². The molecule has 3 N–H and O–H groups in total. The molecule has 0 amide bonds. The highest BCUT2D eigenvalue weighted by Crippen LogP contribution is 2.28. The van der Waals surface area contributed by atoms with Crippen LogP contribution in [0.25, 0.3) is 0 Å². The quantitative estimate of drug-likeness (QED) is 0.588. The lowest BCUT2D eigenvalue weighted by Gasteiger charge is -2.13. The molecule has 1 heterocycles. The third-order valence-electron chi connectivity index (χ3n) is 3.69. The standard InChI is InChI=1S/C13H24N4/c1-2-5-11(15-14)10-12-8-9-17(16-12)13-6-3-4-7-13/h8-9,11,13,15H,2-7,10,14H2,1H3. The molecule has 1 aromatic heterocycles. The number of hydrazine groups is 1. The maximum absolute atomic E-state index is 5.55. The fourth-order valence-electron chi connectivity index (χ4n) is 2.70. The van der Waals surface area contributed by atoms with Crippen LogP contribution >= 0.6 is 0 Å². The third kappa shape index (κ3) is 3.30. The first-order chi connectivity index (χ1) is 8.33. The molecule has 1 fully saturated rings. The molecule has 2 rings (SSSR count). The van der Waals surface area contributed by atoms with Crippen LogP contribution in [0.5, 0.6) is 0 Å². The molecule has 0 radical (unpaired) electrons. The molecule has 0 saturated heterocycles.